The van der Waals surface area contributed by atoms with Gasteiger partial charge in [-0.1, -0.05) is 0 Å². The number of carbonyl (C=O) groups is 1. The van der Waals surface area contributed by atoms with Crippen LogP contribution in [0.5, 0.6) is 0 Å². The van der Waals surface area contributed by atoms with Crippen molar-refractivity contribution in [2.24, 2.45) is 0 Å². The molecule has 0 fully saturated rings. The van der Waals surface area contributed by atoms with Crippen LogP contribution in [0.2, 0.25) is 0 Å². The zero-order chi connectivity index (χ0) is 14.8. The first-order valence-corrected chi connectivity index (χ1v) is 6.18. The summed E-state index contributed by atoms with van der Waals surface area (Å²) in [6.45, 7) is -0.777. The van der Waals surface area contributed by atoms with Gasteiger partial charge in [0.1, 0.15) is 11.4 Å². The molecule has 0 spiro atoms. The number of nitrogens with zero attached hydrogens (tertiary/aromatic N) is 3. The molecule has 0 aromatic carbocycles. The van der Waals surface area contributed by atoms with Gasteiger partial charge >= 0.3 is 11.7 Å². The molecule has 0 saturated heterocycles. The number of sulfonamides is 1. The molecular weight excluding hydrogens is 280 g/mol. The van der Waals surface area contributed by atoms with Crippen molar-refractivity contribution in [1.29, 1.82) is 0 Å². The molecule has 1 aromatic rings. The Morgan fingerprint density at radius 1 is 1.63 bits per heavy atom. The number of anilines is 1. The second-order valence-electron chi connectivity index (χ2n) is 3.49. The molecule has 0 aliphatic heterocycles. The summed E-state index contributed by atoms with van der Waals surface area (Å²) in [4.78, 5) is 23.1. The highest BCUT2D eigenvalue weighted by Gasteiger charge is 2.26. The smallest absolute Gasteiger partial charge is 0.318 e. The van der Waals surface area contributed by atoms with E-state index in [4.69, 9.17) is 10.8 Å². The van der Waals surface area contributed by atoms with Crippen molar-refractivity contribution in [3.63, 3.8) is 0 Å². The summed E-state index contributed by atoms with van der Waals surface area (Å²) in [7, 11) is -3.14. The first-order chi connectivity index (χ1) is 8.66. The molecule has 19 heavy (non-hydrogen) atoms. The van der Waals surface area contributed by atoms with E-state index in [0.717, 1.165) is 19.3 Å². The number of nitro groups is 1. The van der Waals surface area contributed by atoms with Gasteiger partial charge in [0.25, 0.3) is 0 Å². The van der Waals surface area contributed by atoms with Crippen LogP contribution in [0, 0.1) is 10.1 Å². The topological polar surface area (TPSA) is 157 Å². The van der Waals surface area contributed by atoms with Gasteiger partial charge in [0.15, 0.2) is 0 Å². The molecule has 0 aliphatic carbocycles. The van der Waals surface area contributed by atoms with Crippen LogP contribution in [0.3, 0.4) is 0 Å². The molecule has 0 saturated carbocycles. The van der Waals surface area contributed by atoms with Crippen molar-refractivity contribution in [3.8, 4) is 0 Å². The van der Waals surface area contributed by atoms with E-state index in [1.54, 1.807) is 0 Å². The van der Waals surface area contributed by atoms with Crippen molar-refractivity contribution >= 4 is 27.5 Å². The maximum atomic E-state index is 11.9. The van der Waals surface area contributed by atoms with Crippen LogP contribution in [0.25, 0.3) is 0 Å². The fourth-order valence-corrected chi connectivity index (χ4v) is 2.27. The Balaban J connectivity index is 3.26. The van der Waals surface area contributed by atoms with Crippen molar-refractivity contribution in [2.75, 3.05) is 19.3 Å². The fraction of sp³-hybridized carbons (Fsp3) is 0.250. The summed E-state index contributed by atoms with van der Waals surface area (Å²) in [5.74, 6) is -1.78. The van der Waals surface area contributed by atoms with Crippen molar-refractivity contribution in [3.05, 3.63) is 22.4 Å². The van der Waals surface area contributed by atoms with Crippen LogP contribution in [0.1, 0.15) is 0 Å². The van der Waals surface area contributed by atoms with Crippen molar-refractivity contribution < 1.29 is 23.2 Å². The number of aliphatic carboxylic acids is 1. The number of aromatic nitrogens is 1. The number of likely N-dealkylation sites (N-methyl/N-ethyl adjacent to an activating group) is 1. The SMILES string of the molecule is CN(CC(=O)O)S(=O)(=O)c1cnc(N)c([N+](=O)[O-])c1. The zero-order valence-electron chi connectivity index (χ0n) is 9.68. The summed E-state index contributed by atoms with van der Waals surface area (Å²) in [5.41, 5.74) is 4.57. The number of rotatable bonds is 5. The van der Waals surface area contributed by atoms with Gasteiger partial charge in [-0.05, 0) is 0 Å². The van der Waals surface area contributed by atoms with E-state index in [1.807, 2.05) is 0 Å². The minimum Gasteiger partial charge on any atom is -0.480 e. The molecule has 0 bridgehead atoms. The zero-order valence-corrected chi connectivity index (χ0v) is 10.5. The van der Waals surface area contributed by atoms with E-state index >= 15 is 0 Å². The number of carboxylic acids is 1. The molecule has 0 amide bonds. The Hall–Kier alpha value is -2.27. The van der Waals surface area contributed by atoms with E-state index in [2.05, 4.69) is 4.98 Å². The Morgan fingerprint density at radius 2 is 2.21 bits per heavy atom. The lowest BCUT2D eigenvalue weighted by molar-refractivity contribution is -0.384. The highest BCUT2D eigenvalue weighted by Crippen LogP contribution is 2.23. The number of pyridine rings is 1. The lowest BCUT2D eigenvalue weighted by Crippen LogP contribution is -2.32. The van der Waals surface area contributed by atoms with Gasteiger partial charge in [-0.25, -0.2) is 13.4 Å². The monoisotopic (exact) mass is 290 g/mol. The highest BCUT2D eigenvalue weighted by atomic mass is 32.2. The van der Waals surface area contributed by atoms with Gasteiger partial charge < -0.3 is 10.8 Å². The van der Waals surface area contributed by atoms with Gasteiger partial charge in [0.2, 0.25) is 15.8 Å². The molecule has 1 rings (SSSR count). The Labute approximate surface area is 107 Å². The van der Waals surface area contributed by atoms with Crippen LogP contribution in [0.15, 0.2) is 17.2 Å². The number of carboxylic acid groups (broad SMARTS) is 1. The number of nitrogens with two attached hydrogens (primary N) is 1. The van der Waals surface area contributed by atoms with Crippen LogP contribution in [-0.4, -0.2) is 47.3 Å². The normalized spacial score (nSPS) is 11.5. The maximum absolute atomic E-state index is 11.9. The number of hydrogen-bond acceptors (Lipinski definition) is 7. The van der Waals surface area contributed by atoms with E-state index in [1.165, 1.54) is 0 Å². The molecule has 3 N–H and O–H groups in total. The first kappa shape index (κ1) is 14.8. The van der Waals surface area contributed by atoms with Gasteiger partial charge in [0.05, 0.1) is 4.92 Å². The molecule has 1 heterocycles. The highest BCUT2D eigenvalue weighted by molar-refractivity contribution is 7.89. The Kier molecular flexibility index (Phi) is 4.01. The summed E-state index contributed by atoms with van der Waals surface area (Å²) in [5, 5.41) is 19.2. The molecule has 104 valence electrons. The largest absolute Gasteiger partial charge is 0.480 e. The summed E-state index contributed by atoms with van der Waals surface area (Å²) in [6, 6.07) is 0.732. The summed E-state index contributed by atoms with van der Waals surface area (Å²) in [6.07, 6.45) is 0.829. The predicted molar refractivity (Wildman–Crippen MR) is 62.8 cm³/mol. The third-order valence-electron chi connectivity index (χ3n) is 2.14. The van der Waals surface area contributed by atoms with Crippen LogP contribution >= 0.6 is 0 Å². The lowest BCUT2D eigenvalue weighted by atomic mass is 10.4. The Morgan fingerprint density at radius 3 is 2.68 bits per heavy atom. The molecule has 0 atom stereocenters. The second kappa shape index (κ2) is 5.16. The molecule has 0 radical (unpaired) electrons. The predicted octanol–water partition coefficient (Wildman–Crippen LogP) is -0.723. The maximum Gasteiger partial charge on any atom is 0.318 e. The molecule has 1 aromatic heterocycles. The standard InChI is InChI=1S/C8H10N4O6S/c1-11(4-7(13)14)19(17,18)5-2-6(12(15)16)8(9)10-3-5/h2-3H,4H2,1H3,(H2,9,10)(H,13,14). The molecule has 11 heteroatoms. The average molecular weight is 290 g/mol. The van der Waals surface area contributed by atoms with Crippen LogP contribution in [0.4, 0.5) is 11.5 Å². The number of nitrogen functional groups attached to an aromatic ring is 1. The minimum atomic E-state index is -4.18. The molecule has 10 nitrogen and oxygen atoms in total. The molecule has 0 unspecified atom stereocenters. The fourth-order valence-electron chi connectivity index (χ4n) is 1.19. The lowest BCUT2D eigenvalue weighted by Gasteiger charge is -2.14. The van der Waals surface area contributed by atoms with Gasteiger partial charge in [-0.3, -0.25) is 14.9 Å². The van der Waals surface area contributed by atoms with Crippen molar-refractivity contribution in [2.45, 2.75) is 4.90 Å². The van der Waals surface area contributed by atoms with Gasteiger partial charge in [0, 0.05) is 19.3 Å². The van der Waals surface area contributed by atoms with Crippen LogP contribution in [-0.2, 0) is 14.8 Å². The number of hydrogen-bond donors (Lipinski definition) is 2. The molecule has 0 aliphatic rings. The average Bonchev–Trinajstić information content (AvgIpc) is 2.27. The molecular formula is C8H10N4O6S. The van der Waals surface area contributed by atoms with E-state index in [0.29, 0.717) is 4.31 Å². The van der Waals surface area contributed by atoms with Gasteiger partial charge in [-0.2, -0.15) is 4.31 Å². The van der Waals surface area contributed by atoms with Gasteiger partial charge in [-0.15, -0.1) is 0 Å². The van der Waals surface area contributed by atoms with E-state index < -0.39 is 43.9 Å². The minimum absolute atomic E-state index is 0.426. The quantitative estimate of drug-likeness (QED) is 0.531. The third kappa shape index (κ3) is 3.14. The summed E-state index contributed by atoms with van der Waals surface area (Å²) < 4.78 is 24.4. The first-order valence-electron chi connectivity index (χ1n) is 4.74. The second-order valence-corrected chi connectivity index (χ2v) is 5.53. The van der Waals surface area contributed by atoms with E-state index in [-0.39, 0.29) is 0 Å². The third-order valence-corrected chi connectivity index (χ3v) is 3.90. The van der Waals surface area contributed by atoms with Crippen LogP contribution < -0.4 is 5.73 Å². The van der Waals surface area contributed by atoms with Crippen molar-refractivity contribution in [1.82, 2.24) is 9.29 Å². The Bertz CT molecular complexity index is 628. The summed E-state index contributed by atoms with van der Waals surface area (Å²) >= 11 is 0. The van der Waals surface area contributed by atoms with E-state index in [9.17, 15) is 23.3 Å².